The minimum atomic E-state index is -0.230. The van der Waals surface area contributed by atoms with Crippen LogP contribution in [0.25, 0.3) is 0 Å². The number of nitrogens with zero attached hydrogens (tertiary/aromatic N) is 2. The molecule has 0 spiro atoms. The fraction of sp³-hybridized carbons (Fsp3) is 0.400. The third kappa shape index (κ3) is 4.93. The molecular formula is C25H29N3O4. The largest absolute Gasteiger partial charge is 0.482 e. The van der Waals surface area contributed by atoms with Gasteiger partial charge in [0.15, 0.2) is 12.4 Å². The molecule has 1 N–H and O–H groups in total. The van der Waals surface area contributed by atoms with Crippen LogP contribution in [0.2, 0.25) is 0 Å². The molecule has 2 aliphatic rings. The standard InChI is InChI=1S/C25H29N3O4/c1-17-9-12-27(13-10-17)21-6-4-20(5-7-21)26-24(30)11-14-28-22-15-19(18(2)29)3-8-23(22)32-16-25(28)31/h3-8,15,17H,9-14,16H2,1-2H3,(H,26,30). The van der Waals surface area contributed by atoms with Gasteiger partial charge in [0, 0.05) is 43.0 Å². The summed E-state index contributed by atoms with van der Waals surface area (Å²) in [6.45, 7) is 6.03. The highest BCUT2D eigenvalue weighted by Gasteiger charge is 2.26. The first-order chi connectivity index (χ1) is 15.4. The van der Waals surface area contributed by atoms with E-state index in [1.807, 2.05) is 24.3 Å². The fourth-order valence-corrected chi connectivity index (χ4v) is 4.13. The number of rotatable bonds is 6. The molecule has 0 radical (unpaired) electrons. The topological polar surface area (TPSA) is 79.0 Å². The zero-order chi connectivity index (χ0) is 22.7. The van der Waals surface area contributed by atoms with Crippen LogP contribution in [0.1, 0.15) is 43.5 Å². The van der Waals surface area contributed by atoms with Crippen LogP contribution in [-0.4, -0.2) is 43.8 Å². The first-order valence-corrected chi connectivity index (χ1v) is 11.1. The van der Waals surface area contributed by atoms with Crippen molar-refractivity contribution < 1.29 is 19.1 Å². The predicted molar refractivity (Wildman–Crippen MR) is 125 cm³/mol. The Labute approximate surface area is 188 Å². The molecular weight excluding hydrogens is 406 g/mol. The maximum absolute atomic E-state index is 12.5. The fourth-order valence-electron chi connectivity index (χ4n) is 4.13. The van der Waals surface area contributed by atoms with E-state index in [0.717, 1.165) is 24.7 Å². The van der Waals surface area contributed by atoms with Crippen LogP contribution in [0, 0.1) is 5.92 Å². The molecule has 2 aliphatic heterocycles. The van der Waals surface area contributed by atoms with Gasteiger partial charge in [0.1, 0.15) is 5.75 Å². The number of fused-ring (bicyclic) bond motifs is 1. The van der Waals surface area contributed by atoms with Crippen LogP contribution >= 0.6 is 0 Å². The van der Waals surface area contributed by atoms with Gasteiger partial charge in [-0.15, -0.1) is 0 Å². The van der Waals surface area contributed by atoms with E-state index in [1.54, 1.807) is 18.2 Å². The summed E-state index contributed by atoms with van der Waals surface area (Å²) in [4.78, 5) is 40.5. The van der Waals surface area contributed by atoms with E-state index in [2.05, 4.69) is 17.1 Å². The number of Topliss-reactive ketones (excluding diaryl/α,β-unsaturated/α-hetero) is 1. The van der Waals surface area contributed by atoms with Crippen LogP contribution in [0.15, 0.2) is 42.5 Å². The Kier molecular flexibility index (Phi) is 6.44. The highest BCUT2D eigenvalue weighted by Crippen LogP contribution is 2.33. The number of amides is 2. The average Bonchev–Trinajstić information content (AvgIpc) is 2.79. The quantitative estimate of drug-likeness (QED) is 0.697. The summed E-state index contributed by atoms with van der Waals surface area (Å²) in [6, 6.07) is 12.9. The first-order valence-electron chi connectivity index (χ1n) is 11.1. The van der Waals surface area contributed by atoms with Gasteiger partial charge in [0.25, 0.3) is 5.91 Å². The monoisotopic (exact) mass is 435 g/mol. The molecule has 2 aromatic rings. The van der Waals surface area contributed by atoms with Crippen LogP contribution in [0.5, 0.6) is 5.75 Å². The molecule has 4 rings (SSSR count). The van der Waals surface area contributed by atoms with Gasteiger partial charge in [-0.3, -0.25) is 14.4 Å². The van der Waals surface area contributed by atoms with E-state index in [-0.39, 0.29) is 37.2 Å². The number of ether oxygens (including phenoxy) is 1. The Bertz CT molecular complexity index is 1010. The predicted octanol–water partition coefficient (Wildman–Crippen LogP) is 3.88. The molecule has 2 heterocycles. The summed E-state index contributed by atoms with van der Waals surface area (Å²) in [5, 5.41) is 2.91. The number of carbonyl (C=O) groups is 3. The van der Waals surface area contributed by atoms with E-state index in [1.165, 1.54) is 30.4 Å². The molecule has 168 valence electrons. The molecule has 7 heteroatoms. The third-order valence-electron chi connectivity index (χ3n) is 6.17. The summed E-state index contributed by atoms with van der Waals surface area (Å²) in [6.07, 6.45) is 2.55. The van der Waals surface area contributed by atoms with Crippen molar-refractivity contribution >= 4 is 34.7 Å². The van der Waals surface area contributed by atoms with E-state index in [4.69, 9.17) is 4.74 Å². The van der Waals surface area contributed by atoms with Gasteiger partial charge in [-0.05, 0) is 68.1 Å². The molecule has 32 heavy (non-hydrogen) atoms. The summed E-state index contributed by atoms with van der Waals surface area (Å²) >= 11 is 0. The Balaban J connectivity index is 1.36. The molecule has 0 atom stereocenters. The number of ketones is 1. The lowest BCUT2D eigenvalue weighted by atomic mass is 9.99. The Morgan fingerprint density at radius 1 is 1.09 bits per heavy atom. The van der Waals surface area contributed by atoms with Crippen molar-refractivity contribution in [3.05, 3.63) is 48.0 Å². The van der Waals surface area contributed by atoms with E-state index in [0.29, 0.717) is 17.0 Å². The number of carbonyl (C=O) groups excluding carboxylic acids is 3. The molecule has 2 aromatic carbocycles. The van der Waals surface area contributed by atoms with Gasteiger partial charge in [-0.2, -0.15) is 0 Å². The number of hydrogen-bond acceptors (Lipinski definition) is 5. The highest BCUT2D eigenvalue weighted by atomic mass is 16.5. The minimum absolute atomic E-state index is 0.0786. The zero-order valence-electron chi connectivity index (χ0n) is 18.6. The summed E-state index contributed by atoms with van der Waals surface area (Å²) in [5.41, 5.74) is 2.94. The van der Waals surface area contributed by atoms with Crippen molar-refractivity contribution in [1.29, 1.82) is 0 Å². The maximum atomic E-state index is 12.5. The van der Waals surface area contributed by atoms with E-state index < -0.39 is 0 Å². The second kappa shape index (κ2) is 9.42. The molecule has 0 saturated carbocycles. The average molecular weight is 436 g/mol. The van der Waals surface area contributed by atoms with Crippen molar-refractivity contribution in [3.8, 4) is 5.75 Å². The van der Waals surface area contributed by atoms with Crippen LogP contribution in [0.4, 0.5) is 17.1 Å². The summed E-state index contributed by atoms with van der Waals surface area (Å²) in [5.74, 6) is 0.826. The van der Waals surface area contributed by atoms with Crippen molar-refractivity contribution in [2.45, 2.75) is 33.1 Å². The van der Waals surface area contributed by atoms with Gasteiger partial charge in [-0.1, -0.05) is 6.92 Å². The molecule has 0 bridgehead atoms. The Morgan fingerprint density at radius 2 is 1.81 bits per heavy atom. The van der Waals surface area contributed by atoms with Gasteiger partial charge in [0.2, 0.25) is 5.91 Å². The SMILES string of the molecule is CC(=O)c1ccc2c(c1)N(CCC(=O)Nc1ccc(N3CCC(C)CC3)cc1)C(=O)CO2. The van der Waals surface area contributed by atoms with Gasteiger partial charge in [-0.25, -0.2) is 0 Å². The van der Waals surface area contributed by atoms with Crippen LogP contribution in [-0.2, 0) is 9.59 Å². The number of hydrogen-bond donors (Lipinski definition) is 1. The molecule has 1 saturated heterocycles. The van der Waals surface area contributed by atoms with Crippen molar-refractivity contribution in [1.82, 2.24) is 0 Å². The molecule has 0 aromatic heterocycles. The highest BCUT2D eigenvalue weighted by molar-refractivity contribution is 6.02. The van der Waals surface area contributed by atoms with Crippen LogP contribution in [0.3, 0.4) is 0 Å². The minimum Gasteiger partial charge on any atom is -0.482 e. The third-order valence-corrected chi connectivity index (χ3v) is 6.17. The molecule has 0 unspecified atom stereocenters. The number of benzene rings is 2. The van der Waals surface area contributed by atoms with E-state index in [9.17, 15) is 14.4 Å². The molecule has 1 fully saturated rings. The van der Waals surface area contributed by atoms with E-state index >= 15 is 0 Å². The maximum Gasteiger partial charge on any atom is 0.265 e. The second-order valence-corrected chi connectivity index (χ2v) is 8.59. The van der Waals surface area contributed by atoms with Gasteiger partial charge < -0.3 is 19.9 Å². The van der Waals surface area contributed by atoms with Gasteiger partial charge in [0.05, 0.1) is 5.69 Å². The smallest absolute Gasteiger partial charge is 0.265 e. The number of anilines is 3. The lowest BCUT2D eigenvalue weighted by Crippen LogP contribution is -2.40. The van der Waals surface area contributed by atoms with Crippen LogP contribution < -0.4 is 19.9 Å². The van der Waals surface area contributed by atoms with Gasteiger partial charge >= 0.3 is 0 Å². The number of nitrogens with one attached hydrogen (secondary N) is 1. The second-order valence-electron chi connectivity index (χ2n) is 8.59. The lowest BCUT2D eigenvalue weighted by molar-refractivity contribution is -0.121. The lowest BCUT2D eigenvalue weighted by Gasteiger charge is -2.32. The number of piperidine rings is 1. The van der Waals surface area contributed by atoms with Crippen molar-refractivity contribution in [2.24, 2.45) is 5.92 Å². The molecule has 7 nitrogen and oxygen atoms in total. The normalized spacial score (nSPS) is 16.4. The summed E-state index contributed by atoms with van der Waals surface area (Å²) < 4.78 is 5.46. The Hall–Kier alpha value is -3.35. The van der Waals surface area contributed by atoms with Crippen molar-refractivity contribution in [3.63, 3.8) is 0 Å². The Morgan fingerprint density at radius 3 is 2.50 bits per heavy atom. The molecule has 0 aliphatic carbocycles. The van der Waals surface area contributed by atoms with Crippen molar-refractivity contribution in [2.75, 3.05) is 41.4 Å². The summed E-state index contributed by atoms with van der Waals surface area (Å²) in [7, 11) is 0. The first kappa shape index (κ1) is 21.9. The zero-order valence-corrected chi connectivity index (χ0v) is 18.6. The molecule has 2 amide bonds.